The summed E-state index contributed by atoms with van der Waals surface area (Å²) in [4.78, 5) is 23.7. The number of sulfonamides is 1. The second-order valence-electron chi connectivity index (χ2n) is 5.42. The molecule has 1 atom stereocenters. The van der Waals surface area contributed by atoms with E-state index in [0.29, 0.717) is 11.3 Å². The number of benzene rings is 2. The molecule has 0 aliphatic carbocycles. The van der Waals surface area contributed by atoms with Crippen molar-refractivity contribution in [3.63, 3.8) is 0 Å². The first kappa shape index (κ1) is 19.3. The van der Waals surface area contributed by atoms with Gasteiger partial charge in [0.25, 0.3) is 0 Å². The fourth-order valence-electron chi connectivity index (χ4n) is 2.03. The molecule has 1 amide bonds. The number of nitrogens with one attached hydrogen (secondary N) is 2. The van der Waals surface area contributed by atoms with Crippen LogP contribution in [-0.4, -0.2) is 26.2 Å². The Labute approximate surface area is 154 Å². The van der Waals surface area contributed by atoms with Gasteiger partial charge in [-0.25, -0.2) is 8.42 Å². The maximum Gasteiger partial charge on any atom is 0.242 e. The molecule has 8 heteroatoms. The van der Waals surface area contributed by atoms with Gasteiger partial charge in [-0.3, -0.25) is 9.59 Å². The number of rotatable bonds is 6. The van der Waals surface area contributed by atoms with Crippen LogP contribution < -0.4 is 10.0 Å². The molecule has 6 nitrogen and oxygen atoms in total. The van der Waals surface area contributed by atoms with Crippen molar-refractivity contribution < 1.29 is 18.0 Å². The lowest BCUT2D eigenvalue weighted by Gasteiger charge is -2.15. The predicted molar refractivity (Wildman–Crippen MR) is 99.0 cm³/mol. The van der Waals surface area contributed by atoms with E-state index in [-0.39, 0.29) is 10.7 Å². The lowest BCUT2D eigenvalue weighted by molar-refractivity contribution is -0.117. The van der Waals surface area contributed by atoms with E-state index >= 15 is 0 Å². The molecule has 0 saturated heterocycles. The van der Waals surface area contributed by atoms with E-state index < -0.39 is 22.0 Å². The maximum atomic E-state index is 12.3. The van der Waals surface area contributed by atoms with Crippen LogP contribution in [0.5, 0.6) is 0 Å². The molecule has 132 valence electrons. The number of carbonyl (C=O) groups is 2. The predicted octanol–water partition coefficient (Wildman–Crippen LogP) is 2.96. The third-order valence-corrected chi connectivity index (χ3v) is 5.47. The van der Waals surface area contributed by atoms with Gasteiger partial charge in [-0.05, 0) is 50.2 Å². The average molecular weight is 425 g/mol. The van der Waals surface area contributed by atoms with Gasteiger partial charge in [-0.2, -0.15) is 4.72 Å². The van der Waals surface area contributed by atoms with Crippen LogP contribution in [-0.2, 0) is 14.8 Å². The van der Waals surface area contributed by atoms with E-state index in [1.807, 2.05) is 0 Å². The van der Waals surface area contributed by atoms with E-state index in [1.165, 1.54) is 32.0 Å². The summed E-state index contributed by atoms with van der Waals surface area (Å²) in [7, 11) is -3.82. The van der Waals surface area contributed by atoms with Crippen LogP contribution in [0.1, 0.15) is 24.2 Å². The Morgan fingerprint density at radius 1 is 1.08 bits per heavy atom. The molecule has 2 rings (SSSR count). The molecular formula is C17H17BrN2O4S. The molecule has 2 N–H and O–H groups in total. The molecule has 2 aromatic rings. The van der Waals surface area contributed by atoms with Crippen molar-refractivity contribution in [1.29, 1.82) is 0 Å². The van der Waals surface area contributed by atoms with Gasteiger partial charge in [-0.15, -0.1) is 0 Å². The molecule has 0 saturated carbocycles. The third kappa shape index (κ3) is 5.22. The Balaban J connectivity index is 2.08. The molecule has 0 aromatic heterocycles. The van der Waals surface area contributed by atoms with Crippen LogP contribution in [0.15, 0.2) is 57.9 Å². The highest BCUT2D eigenvalue weighted by Gasteiger charge is 2.22. The van der Waals surface area contributed by atoms with Crippen molar-refractivity contribution in [1.82, 2.24) is 4.72 Å². The molecule has 0 heterocycles. The fraction of sp³-hybridized carbons (Fsp3) is 0.176. The summed E-state index contributed by atoms with van der Waals surface area (Å²) in [5.41, 5.74) is 0.883. The van der Waals surface area contributed by atoms with Gasteiger partial charge in [0.05, 0.1) is 10.9 Å². The quantitative estimate of drug-likeness (QED) is 0.697. The molecule has 0 fully saturated rings. The SMILES string of the molecule is CC(=O)c1cccc(NC(=O)[C@@H](C)NS(=O)(=O)c2ccc(Br)cc2)c1. The minimum absolute atomic E-state index is 0.0638. The van der Waals surface area contributed by atoms with Gasteiger partial charge in [0.1, 0.15) is 0 Å². The van der Waals surface area contributed by atoms with Crippen LogP contribution in [0, 0.1) is 0 Å². The van der Waals surface area contributed by atoms with Crippen molar-refractivity contribution in [2.24, 2.45) is 0 Å². The van der Waals surface area contributed by atoms with E-state index in [1.54, 1.807) is 30.3 Å². The van der Waals surface area contributed by atoms with Crippen LogP contribution >= 0.6 is 15.9 Å². The van der Waals surface area contributed by atoms with Crippen molar-refractivity contribution >= 4 is 43.3 Å². The van der Waals surface area contributed by atoms with Crippen molar-refractivity contribution in [3.05, 3.63) is 58.6 Å². The second kappa shape index (κ2) is 7.90. The molecule has 0 radical (unpaired) electrons. The number of anilines is 1. The van der Waals surface area contributed by atoms with Crippen molar-refractivity contribution in [2.75, 3.05) is 5.32 Å². The summed E-state index contributed by atoms with van der Waals surface area (Å²) in [6.45, 7) is 2.87. The highest BCUT2D eigenvalue weighted by Crippen LogP contribution is 2.15. The topological polar surface area (TPSA) is 92.3 Å². The molecule has 2 aromatic carbocycles. The molecule has 25 heavy (non-hydrogen) atoms. The zero-order chi connectivity index (χ0) is 18.6. The van der Waals surface area contributed by atoms with E-state index in [9.17, 15) is 18.0 Å². The summed E-state index contributed by atoms with van der Waals surface area (Å²) in [6, 6.07) is 11.5. The summed E-state index contributed by atoms with van der Waals surface area (Å²) < 4.78 is 27.7. The van der Waals surface area contributed by atoms with Gasteiger partial charge in [0, 0.05) is 15.7 Å². The average Bonchev–Trinajstić information content (AvgIpc) is 2.55. The minimum Gasteiger partial charge on any atom is -0.325 e. The van der Waals surface area contributed by atoms with Gasteiger partial charge >= 0.3 is 0 Å². The van der Waals surface area contributed by atoms with Crippen LogP contribution in [0.4, 0.5) is 5.69 Å². The smallest absolute Gasteiger partial charge is 0.242 e. The largest absolute Gasteiger partial charge is 0.325 e. The van der Waals surface area contributed by atoms with Crippen molar-refractivity contribution in [2.45, 2.75) is 24.8 Å². The second-order valence-corrected chi connectivity index (χ2v) is 8.05. The summed E-state index contributed by atoms with van der Waals surface area (Å²) >= 11 is 3.24. The monoisotopic (exact) mass is 424 g/mol. The van der Waals surface area contributed by atoms with Crippen LogP contribution in [0.2, 0.25) is 0 Å². The summed E-state index contributed by atoms with van der Waals surface area (Å²) in [5, 5.41) is 2.59. The highest BCUT2D eigenvalue weighted by molar-refractivity contribution is 9.10. The first-order valence-corrected chi connectivity index (χ1v) is 9.66. The van der Waals surface area contributed by atoms with Gasteiger partial charge in [0.2, 0.25) is 15.9 Å². The number of hydrogen-bond donors (Lipinski definition) is 2. The molecular weight excluding hydrogens is 408 g/mol. The first-order chi connectivity index (χ1) is 11.7. The zero-order valence-corrected chi connectivity index (χ0v) is 16.0. The molecule has 0 aliphatic heterocycles. The van der Waals surface area contributed by atoms with Gasteiger partial charge in [-0.1, -0.05) is 28.1 Å². The van der Waals surface area contributed by atoms with Gasteiger partial charge < -0.3 is 5.32 Å². The zero-order valence-electron chi connectivity index (χ0n) is 13.6. The molecule has 0 unspecified atom stereocenters. The van der Waals surface area contributed by atoms with E-state index in [4.69, 9.17) is 0 Å². The van der Waals surface area contributed by atoms with E-state index in [2.05, 4.69) is 26.0 Å². The van der Waals surface area contributed by atoms with Gasteiger partial charge in [0.15, 0.2) is 5.78 Å². The number of ketones is 1. The number of carbonyl (C=O) groups excluding carboxylic acids is 2. The Hall–Kier alpha value is -2.03. The highest BCUT2D eigenvalue weighted by atomic mass is 79.9. The Kier molecular flexibility index (Phi) is 6.10. The van der Waals surface area contributed by atoms with Crippen molar-refractivity contribution in [3.8, 4) is 0 Å². The minimum atomic E-state index is -3.82. The number of Topliss-reactive ketones (excluding diaryl/α,β-unsaturated/α-hetero) is 1. The lowest BCUT2D eigenvalue weighted by Crippen LogP contribution is -2.41. The summed E-state index contributed by atoms with van der Waals surface area (Å²) in [5.74, 6) is -0.651. The Morgan fingerprint density at radius 3 is 2.32 bits per heavy atom. The number of hydrogen-bond acceptors (Lipinski definition) is 4. The van der Waals surface area contributed by atoms with Crippen LogP contribution in [0.25, 0.3) is 0 Å². The summed E-state index contributed by atoms with van der Waals surface area (Å²) in [6.07, 6.45) is 0. The molecule has 0 bridgehead atoms. The fourth-order valence-corrected chi connectivity index (χ4v) is 3.50. The lowest BCUT2D eigenvalue weighted by atomic mass is 10.1. The number of amides is 1. The Morgan fingerprint density at radius 2 is 1.72 bits per heavy atom. The first-order valence-electron chi connectivity index (χ1n) is 7.39. The Bertz CT molecular complexity index is 895. The molecule has 0 aliphatic rings. The van der Waals surface area contributed by atoms with E-state index in [0.717, 1.165) is 4.47 Å². The number of halogens is 1. The molecule has 0 spiro atoms. The normalized spacial score (nSPS) is 12.4. The third-order valence-electron chi connectivity index (χ3n) is 3.39. The standard InChI is InChI=1S/C17H17BrN2O4S/c1-11(20-25(23,24)16-8-6-14(18)7-9-16)17(22)19-15-5-3-4-13(10-15)12(2)21/h3-11,20H,1-2H3,(H,19,22)/t11-/m1/s1. The van der Waals surface area contributed by atoms with Crippen LogP contribution in [0.3, 0.4) is 0 Å². The maximum absolute atomic E-state index is 12.3.